The predicted octanol–water partition coefficient (Wildman–Crippen LogP) is 4.94. The highest BCUT2D eigenvalue weighted by Gasteiger charge is 2.34. The molecular weight excluding hydrogens is 541 g/mol. The number of aromatic nitrogens is 5. The van der Waals surface area contributed by atoms with Crippen molar-refractivity contribution in [3.05, 3.63) is 78.7 Å². The van der Waals surface area contributed by atoms with E-state index in [0.717, 1.165) is 0 Å². The standard InChI is InChI=1S/C27H21ClFN7O4/c1-15(29)27(37)35-11-18(12-35)40-24-9-19-21(10-23(24)38-2)30-13-32-26(19)34-16-3-4-22(20(28)7-16)39-17-5-6-36-25(8-17)31-14-33-36/h3-10,13-14,18H,1,11-12H2,2H3,(H,30,32,34). The molecule has 5 aromatic rings. The van der Waals surface area contributed by atoms with Gasteiger partial charge in [-0.25, -0.2) is 23.9 Å². The van der Waals surface area contributed by atoms with Crippen molar-refractivity contribution < 1.29 is 23.4 Å². The first kappa shape index (κ1) is 25.3. The first-order chi connectivity index (χ1) is 19.4. The number of fused-ring (bicyclic) bond motifs is 2. The number of carbonyl (C=O) groups excluding carboxylic acids is 1. The largest absolute Gasteiger partial charge is 0.493 e. The molecule has 0 spiro atoms. The van der Waals surface area contributed by atoms with Gasteiger partial charge in [0.05, 0.1) is 30.7 Å². The number of carbonyl (C=O) groups is 1. The second kappa shape index (κ2) is 10.3. The minimum atomic E-state index is -0.998. The highest BCUT2D eigenvalue weighted by Crippen LogP contribution is 2.37. The molecule has 1 amide bonds. The molecule has 0 unspecified atom stereocenters. The van der Waals surface area contributed by atoms with Crippen LogP contribution in [-0.4, -0.2) is 61.7 Å². The summed E-state index contributed by atoms with van der Waals surface area (Å²) in [6.45, 7) is 3.52. The minimum absolute atomic E-state index is 0.235. The highest BCUT2D eigenvalue weighted by atomic mass is 35.5. The summed E-state index contributed by atoms with van der Waals surface area (Å²) in [6, 6.07) is 12.3. The summed E-state index contributed by atoms with van der Waals surface area (Å²) in [5.41, 5.74) is 1.94. The number of rotatable bonds is 8. The maximum atomic E-state index is 13.1. The summed E-state index contributed by atoms with van der Waals surface area (Å²) in [6.07, 6.45) is 4.32. The molecule has 2 aromatic carbocycles. The van der Waals surface area contributed by atoms with Crippen LogP contribution < -0.4 is 19.5 Å². The molecule has 0 atom stereocenters. The van der Waals surface area contributed by atoms with E-state index in [1.165, 1.54) is 24.7 Å². The van der Waals surface area contributed by atoms with E-state index < -0.39 is 11.7 Å². The molecule has 11 nitrogen and oxygen atoms in total. The predicted molar refractivity (Wildman–Crippen MR) is 145 cm³/mol. The molecule has 13 heteroatoms. The molecule has 40 heavy (non-hydrogen) atoms. The molecule has 202 valence electrons. The van der Waals surface area contributed by atoms with Crippen LogP contribution in [0.1, 0.15) is 0 Å². The summed E-state index contributed by atoms with van der Waals surface area (Å²) in [5, 5.41) is 8.39. The van der Waals surface area contributed by atoms with Gasteiger partial charge in [-0.2, -0.15) is 5.10 Å². The van der Waals surface area contributed by atoms with E-state index in [1.54, 1.807) is 47.1 Å². The fourth-order valence-corrected chi connectivity index (χ4v) is 4.45. The van der Waals surface area contributed by atoms with Crippen LogP contribution in [0.5, 0.6) is 23.0 Å². The summed E-state index contributed by atoms with van der Waals surface area (Å²) < 4.78 is 32.3. The summed E-state index contributed by atoms with van der Waals surface area (Å²) in [4.78, 5) is 26.0. The number of hydrogen-bond donors (Lipinski definition) is 1. The second-order valence-corrected chi connectivity index (χ2v) is 9.30. The third-order valence-electron chi connectivity index (χ3n) is 6.26. The second-order valence-electron chi connectivity index (χ2n) is 8.89. The van der Waals surface area contributed by atoms with Gasteiger partial charge < -0.3 is 24.4 Å². The number of nitrogens with zero attached hydrogens (tertiary/aromatic N) is 6. The molecule has 1 saturated heterocycles. The van der Waals surface area contributed by atoms with Crippen LogP contribution in [0.25, 0.3) is 16.6 Å². The van der Waals surface area contributed by atoms with Crippen molar-refractivity contribution >= 4 is 45.6 Å². The van der Waals surface area contributed by atoms with Crippen molar-refractivity contribution in [3.8, 4) is 23.0 Å². The first-order valence-electron chi connectivity index (χ1n) is 12.0. The molecule has 4 heterocycles. The molecule has 0 radical (unpaired) electrons. The zero-order valence-electron chi connectivity index (χ0n) is 21.0. The van der Waals surface area contributed by atoms with Crippen LogP contribution in [-0.2, 0) is 4.79 Å². The third-order valence-corrected chi connectivity index (χ3v) is 6.55. The lowest BCUT2D eigenvalue weighted by molar-refractivity contribution is -0.137. The van der Waals surface area contributed by atoms with Crippen molar-refractivity contribution in [1.29, 1.82) is 0 Å². The van der Waals surface area contributed by atoms with Crippen LogP contribution in [0.3, 0.4) is 0 Å². The molecular formula is C27H21ClFN7O4. The minimum Gasteiger partial charge on any atom is -0.493 e. The first-order valence-corrected chi connectivity index (χ1v) is 12.4. The molecule has 6 rings (SSSR count). The summed E-state index contributed by atoms with van der Waals surface area (Å²) in [5.74, 6) is 0.715. The molecule has 1 fully saturated rings. The molecule has 0 aliphatic carbocycles. The Bertz CT molecular complexity index is 1770. The molecule has 1 aliphatic heterocycles. The number of likely N-dealkylation sites (tertiary alicyclic amines) is 1. The summed E-state index contributed by atoms with van der Waals surface area (Å²) >= 11 is 6.53. The third kappa shape index (κ3) is 4.92. The number of hydrogen-bond acceptors (Lipinski definition) is 9. The average Bonchev–Trinajstić information content (AvgIpc) is 3.39. The number of halogens is 2. The van der Waals surface area contributed by atoms with Crippen LogP contribution in [0, 0.1) is 0 Å². The van der Waals surface area contributed by atoms with E-state index in [1.807, 2.05) is 6.07 Å². The lowest BCUT2D eigenvalue weighted by Crippen LogP contribution is -2.56. The zero-order valence-corrected chi connectivity index (χ0v) is 21.8. The van der Waals surface area contributed by atoms with Crippen molar-refractivity contribution in [1.82, 2.24) is 29.5 Å². The summed E-state index contributed by atoms with van der Waals surface area (Å²) in [7, 11) is 1.52. The Kier molecular flexibility index (Phi) is 6.52. The smallest absolute Gasteiger partial charge is 0.282 e. The van der Waals surface area contributed by atoms with E-state index in [9.17, 15) is 9.18 Å². The number of benzene rings is 2. The van der Waals surface area contributed by atoms with Crippen LogP contribution >= 0.6 is 11.6 Å². The Hall–Kier alpha value is -4.97. The van der Waals surface area contributed by atoms with Crippen LogP contribution in [0.4, 0.5) is 15.9 Å². The molecule has 3 aromatic heterocycles. The van der Waals surface area contributed by atoms with Crippen molar-refractivity contribution in [2.45, 2.75) is 6.10 Å². The van der Waals surface area contributed by atoms with Gasteiger partial charge in [0.1, 0.15) is 36.1 Å². The Morgan fingerprint density at radius 3 is 2.70 bits per heavy atom. The van der Waals surface area contributed by atoms with Crippen LogP contribution in [0.2, 0.25) is 5.02 Å². The van der Waals surface area contributed by atoms with Gasteiger partial charge >= 0.3 is 0 Å². The van der Waals surface area contributed by atoms with Gasteiger partial charge in [-0.3, -0.25) is 4.79 Å². The van der Waals surface area contributed by atoms with Gasteiger partial charge in [0, 0.05) is 29.4 Å². The Morgan fingerprint density at radius 2 is 1.93 bits per heavy atom. The zero-order chi connectivity index (χ0) is 27.8. The topological polar surface area (TPSA) is 116 Å². The number of pyridine rings is 1. The lowest BCUT2D eigenvalue weighted by Gasteiger charge is -2.38. The average molecular weight is 562 g/mol. The van der Waals surface area contributed by atoms with Gasteiger partial charge in [0.2, 0.25) is 0 Å². The normalized spacial score (nSPS) is 13.2. The number of methoxy groups -OCH3 is 1. The van der Waals surface area contributed by atoms with E-state index in [0.29, 0.717) is 56.1 Å². The van der Waals surface area contributed by atoms with Gasteiger partial charge in [-0.1, -0.05) is 18.2 Å². The fourth-order valence-electron chi connectivity index (χ4n) is 4.23. The van der Waals surface area contributed by atoms with Crippen molar-refractivity contribution in [2.75, 3.05) is 25.5 Å². The fraction of sp³-hybridized carbons (Fsp3) is 0.148. The lowest BCUT2D eigenvalue weighted by atomic mass is 10.1. The van der Waals surface area contributed by atoms with E-state index in [2.05, 4.69) is 31.9 Å². The Morgan fingerprint density at radius 1 is 1.07 bits per heavy atom. The number of ether oxygens (including phenoxy) is 3. The maximum Gasteiger partial charge on any atom is 0.282 e. The number of amides is 1. The number of nitrogens with one attached hydrogen (secondary N) is 1. The monoisotopic (exact) mass is 561 g/mol. The molecule has 1 N–H and O–H groups in total. The highest BCUT2D eigenvalue weighted by molar-refractivity contribution is 6.32. The van der Waals surface area contributed by atoms with E-state index in [-0.39, 0.29) is 19.2 Å². The molecule has 0 bridgehead atoms. The van der Waals surface area contributed by atoms with Crippen molar-refractivity contribution in [2.24, 2.45) is 0 Å². The van der Waals surface area contributed by atoms with Gasteiger partial charge in [0.15, 0.2) is 23.0 Å². The Labute approximate surface area is 231 Å². The van der Waals surface area contributed by atoms with E-state index in [4.69, 9.17) is 25.8 Å². The quantitative estimate of drug-likeness (QED) is 0.263. The molecule has 0 saturated carbocycles. The van der Waals surface area contributed by atoms with E-state index >= 15 is 0 Å². The van der Waals surface area contributed by atoms with Crippen molar-refractivity contribution in [3.63, 3.8) is 0 Å². The van der Waals surface area contributed by atoms with Gasteiger partial charge in [-0.05, 0) is 30.3 Å². The number of anilines is 2. The van der Waals surface area contributed by atoms with Gasteiger partial charge in [0.25, 0.3) is 5.91 Å². The molecule has 1 aliphatic rings. The Balaban J connectivity index is 1.21. The maximum absolute atomic E-state index is 13.1. The van der Waals surface area contributed by atoms with Gasteiger partial charge in [-0.15, -0.1) is 0 Å². The SMILES string of the molecule is C=C(F)C(=O)N1CC(Oc2cc3c(Nc4ccc(Oc5ccn6ncnc6c5)c(Cl)c4)ncnc3cc2OC)C1. The van der Waals surface area contributed by atoms with Crippen LogP contribution in [0.15, 0.2) is 73.7 Å².